The van der Waals surface area contributed by atoms with E-state index in [1.54, 1.807) is 0 Å². The van der Waals surface area contributed by atoms with Crippen molar-refractivity contribution in [3.05, 3.63) is 63.1 Å². The maximum atomic E-state index is 11.2. The minimum atomic E-state index is -0.293. The molecule has 4 rings (SSSR count). The monoisotopic (exact) mass is 447 g/mol. The Balaban J connectivity index is 1.31. The number of piperazine rings is 1. The molecule has 2 aromatic carbocycles. The molecule has 5 nitrogen and oxygen atoms in total. The Morgan fingerprint density at radius 1 is 1.07 bits per heavy atom. The number of halogens is 2. The lowest BCUT2D eigenvalue weighted by Gasteiger charge is -2.37. The number of rotatable bonds is 6. The van der Waals surface area contributed by atoms with Crippen molar-refractivity contribution in [1.29, 1.82) is 0 Å². The van der Waals surface area contributed by atoms with E-state index in [1.807, 2.05) is 24.3 Å². The van der Waals surface area contributed by atoms with Crippen LogP contribution in [0.4, 0.5) is 5.69 Å². The number of carbonyl (C=O) groups excluding carboxylic acids is 1. The first kappa shape index (κ1) is 21.4. The maximum Gasteiger partial charge on any atom is 0.221 e. The van der Waals surface area contributed by atoms with Crippen LogP contribution >= 0.6 is 23.2 Å². The van der Waals surface area contributed by atoms with E-state index in [-0.39, 0.29) is 12.0 Å². The first-order chi connectivity index (χ1) is 14.5. The topological polar surface area (TPSA) is 58.8 Å². The zero-order chi connectivity index (χ0) is 21.1. The summed E-state index contributed by atoms with van der Waals surface area (Å²) in [6.07, 6.45) is 2.27. The van der Waals surface area contributed by atoms with Gasteiger partial charge in [0.15, 0.2) is 0 Å². The fourth-order valence-corrected chi connectivity index (χ4v) is 4.64. The number of nitrogens with two attached hydrogens (primary N) is 1. The van der Waals surface area contributed by atoms with Gasteiger partial charge in [-0.2, -0.15) is 0 Å². The van der Waals surface area contributed by atoms with Gasteiger partial charge in [-0.1, -0.05) is 41.4 Å². The summed E-state index contributed by atoms with van der Waals surface area (Å²) in [5.41, 5.74) is 9.99. The molecule has 0 aliphatic carbocycles. The molecule has 1 unspecified atom stereocenters. The molecule has 0 radical (unpaired) electrons. The summed E-state index contributed by atoms with van der Waals surface area (Å²) in [4.78, 5) is 16.0. The molecule has 30 heavy (non-hydrogen) atoms. The van der Waals surface area contributed by atoms with Crippen LogP contribution in [0.15, 0.2) is 36.4 Å². The summed E-state index contributed by atoms with van der Waals surface area (Å²) in [5.74, 6) is -0.293. The molecule has 1 amide bonds. The molecule has 2 aromatic rings. The van der Waals surface area contributed by atoms with Crippen LogP contribution in [0.25, 0.3) is 0 Å². The summed E-state index contributed by atoms with van der Waals surface area (Å²) < 4.78 is 6.08. The van der Waals surface area contributed by atoms with Gasteiger partial charge in [0.05, 0.1) is 29.2 Å². The molecular weight excluding hydrogens is 421 g/mol. The molecular formula is C23H27Cl2N3O2. The number of hydrogen-bond acceptors (Lipinski definition) is 4. The number of fused-ring (bicyclic) bond motifs is 1. The fourth-order valence-electron chi connectivity index (χ4n) is 4.35. The van der Waals surface area contributed by atoms with Gasteiger partial charge in [0.2, 0.25) is 5.91 Å². The van der Waals surface area contributed by atoms with Gasteiger partial charge in [0.25, 0.3) is 0 Å². The van der Waals surface area contributed by atoms with E-state index in [0.29, 0.717) is 16.5 Å². The van der Waals surface area contributed by atoms with Crippen LogP contribution < -0.4 is 10.6 Å². The largest absolute Gasteiger partial charge is 0.373 e. The lowest BCUT2D eigenvalue weighted by molar-refractivity contribution is -0.117. The SMILES string of the molecule is NC(=O)Cc1ccc2c(c1)CCOC2CCN1CCN(c2ccc(Cl)c(Cl)c2)CC1. The van der Waals surface area contributed by atoms with Crippen LogP contribution in [-0.4, -0.2) is 50.1 Å². The second-order valence-electron chi connectivity index (χ2n) is 8.00. The summed E-state index contributed by atoms with van der Waals surface area (Å²) in [5, 5.41) is 1.19. The summed E-state index contributed by atoms with van der Waals surface area (Å²) >= 11 is 12.2. The Labute approximate surface area is 187 Å². The number of primary amides is 1. The Morgan fingerprint density at radius 2 is 1.87 bits per heavy atom. The zero-order valence-corrected chi connectivity index (χ0v) is 18.5. The first-order valence-corrected chi connectivity index (χ1v) is 11.2. The molecule has 2 heterocycles. The molecule has 1 saturated heterocycles. The van der Waals surface area contributed by atoms with Crippen LogP contribution in [0.3, 0.4) is 0 Å². The summed E-state index contributed by atoms with van der Waals surface area (Å²) in [6.45, 7) is 5.69. The minimum Gasteiger partial charge on any atom is -0.373 e. The van der Waals surface area contributed by atoms with Crippen LogP contribution in [0.5, 0.6) is 0 Å². The molecule has 2 aliphatic heterocycles. The van der Waals surface area contributed by atoms with Crippen LogP contribution in [-0.2, 0) is 22.4 Å². The molecule has 2 aliphatic rings. The second-order valence-corrected chi connectivity index (χ2v) is 8.82. The number of nitrogens with zero attached hydrogens (tertiary/aromatic N) is 2. The third kappa shape index (κ3) is 5.09. The lowest BCUT2D eigenvalue weighted by Crippen LogP contribution is -2.47. The molecule has 0 saturated carbocycles. The third-order valence-electron chi connectivity index (χ3n) is 5.97. The third-order valence-corrected chi connectivity index (χ3v) is 6.71. The van der Waals surface area contributed by atoms with Crippen molar-refractivity contribution in [1.82, 2.24) is 4.90 Å². The molecule has 7 heteroatoms. The number of ether oxygens (including phenoxy) is 1. The van der Waals surface area contributed by atoms with E-state index in [4.69, 9.17) is 33.7 Å². The van der Waals surface area contributed by atoms with Crippen molar-refractivity contribution in [2.45, 2.75) is 25.4 Å². The molecule has 2 N–H and O–H groups in total. The van der Waals surface area contributed by atoms with Gasteiger partial charge in [-0.05, 0) is 47.7 Å². The highest BCUT2D eigenvalue weighted by Crippen LogP contribution is 2.31. The Bertz CT molecular complexity index is 913. The first-order valence-electron chi connectivity index (χ1n) is 10.4. The highest BCUT2D eigenvalue weighted by atomic mass is 35.5. The van der Waals surface area contributed by atoms with Crippen molar-refractivity contribution < 1.29 is 9.53 Å². The zero-order valence-electron chi connectivity index (χ0n) is 16.9. The Kier molecular flexibility index (Phi) is 6.84. The van der Waals surface area contributed by atoms with Gasteiger partial charge in [0, 0.05) is 38.4 Å². The highest BCUT2D eigenvalue weighted by molar-refractivity contribution is 6.42. The smallest absolute Gasteiger partial charge is 0.221 e. The number of hydrogen-bond donors (Lipinski definition) is 1. The molecule has 0 aromatic heterocycles. The normalized spacial score (nSPS) is 19.5. The predicted octanol–water partition coefficient (Wildman–Crippen LogP) is 3.85. The van der Waals surface area contributed by atoms with Crippen LogP contribution in [0.2, 0.25) is 10.0 Å². The van der Waals surface area contributed by atoms with E-state index >= 15 is 0 Å². The molecule has 0 spiro atoms. The standard InChI is InChI=1S/C23H27Cl2N3O2/c24-20-4-2-18(15-21(20)25)28-10-8-27(9-11-28)7-5-22-19-3-1-16(14-23(26)29)13-17(19)6-12-30-22/h1-4,13,15,22H,5-12,14H2,(H2,26,29). The van der Waals surface area contributed by atoms with Gasteiger partial charge < -0.3 is 15.4 Å². The van der Waals surface area contributed by atoms with Gasteiger partial charge >= 0.3 is 0 Å². The van der Waals surface area contributed by atoms with Gasteiger partial charge in [-0.25, -0.2) is 0 Å². The van der Waals surface area contributed by atoms with E-state index in [1.165, 1.54) is 11.1 Å². The number of amides is 1. The molecule has 160 valence electrons. The Hall–Kier alpha value is -1.79. The summed E-state index contributed by atoms with van der Waals surface area (Å²) in [7, 11) is 0. The minimum absolute atomic E-state index is 0.115. The lowest BCUT2D eigenvalue weighted by atomic mass is 9.93. The van der Waals surface area contributed by atoms with Gasteiger partial charge in [-0.15, -0.1) is 0 Å². The number of anilines is 1. The van der Waals surface area contributed by atoms with E-state index in [9.17, 15) is 4.79 Å². The van der Waals surface area contributed by atoms with E-state index < -0.39 is 0 Å². The van der Waals surface area contributed by atoms with Crippen molar-refractivity contribution in [3.63, 3.8) is 0 Å². The molecule has 0 bridgehead atoms. The van der Waals surface area contributed by atoms with Crippen LogP contribution in [0.1, 0.15) is 29.2 Å². The highest BCUT2D eigenvalue weighted by Gasteiger charge is 2.24. The van der Waals surface area contributed by atoms with Crippen LogP contribution in [0, 0.1) is 0 Å². The molecule has 1 atom stereocenters. The fraction of sp³-hybridized carbons (Fsp3) is 0.435. The quantitative estimate of drug-likeness (QED) is 0.730. The van der Waals surface area contributed by atoms with Crippen molar-refractivity contribution in [2.24, 2.45) is 5.73 Å². The van der Waals surface area contributed by atoms with Crippen molar-refractivity contribution in [3.8, 4) is 0 Å². The van der Waals surface area contributed by atoms with Gasteiger partial charge in [-0.3, -0.25) is 9.69 Å². The van der Waals surface area contributed by atoms with Crippen molar-refractivity contribution >= 4 is 34.8 Å². The molecule has 1 fully saturated rings. The Morgan fingerprint density at radius 3 is 2.60 bits per heavy atom. The average Bonchev–Trinajstić information content (AvgIpc) is 2.74. The second kappa shape index (κ2) is 9.56. The predicted molar refractivity (Wildman–Crippen MR) is 121 cm³/mol. The average molecular weight is 448 g/mol. The number of carbonyl (C=O) groups is 1. The van der Waals surface area contributed by atoms with Gasteiger partial charge in [0.1, 0.15) is 0 Å². The van der Waals surface area contributed by atoms with Crippen molar-refractivity contribution in [2.75, 3.05) is 44.2 Å². The summed E-state index contributed by atoms with van der Waals surface area (Å²) in [6, 6.07) is 12.1. The van der Waals surface area contributed by atoms with E-state index in [0.717, 1.165) is 63.4 Å². The maximum absolute atomic E-state index is 11.2. The van der Waals surface area contributed by atoms with E-state index in [2.05, 4.69) is 21.9 Å². The number of benzene rings is 2.